The van der Waals surface area contributed by atoms with Crippen LogP contribution in [0, 0.1) is 11.6 Å². The lowest BCUT2D eigenvalue weighted by atomic mass is 10.2. The molecule has 110 valence electrons. The largest absolute Gasteiger partial charge is 0.295 e. The van der Waals surface area contributed by atoms with Crippen molar-refractivity contribution >= 4 is 46.4 Å². The fourth-order valence-electron chi connectivity index (χ4n) is 1.56. The molecular weight excluding hydrogens is 345 g/mol. The van der Waals surface area contributed by atoms with Crippen LogP contribution in [-0.2, 0) is 0 Å². The van der Waals surface area contributed by atoms with E-state index < -0.39 is 23.1 Å². The highest BCUT2D eigenvalue weighted by Gasteiger charge is 2.17. The van der Waals surface area contributed by atoms with Gasteiger partial charge >= 0.3 is 0 Å². The minimum absolute atomic E-state index is 0.141. The molecule has 0 aliphatic carbocycles. The Hall–Kier alpha value is -1.56. The van der Waals surface area contributed by atoms with Crippen LogP contribution in [0.25, 0.3) is 0 Å². The van der Waals surface area contributed by atoms with E-state index in [0.29, 0.717) is 5.02 Å². The first kappa shape index (κ1) is 15.8. The van der Waals surface area contributed by atoms with Crippen molar-refractivity contribution in [3.8, 4) is 0 Å². The van der Waals surface area contributed by atoms with Gasteiger partial charge in [-0.05, 0) is 24.3 Å². The summed E-state index contributed by atoms with van der Waals surface area (Å²) < 4.78 is 26.9. The van der Waals surface area contributed by atoms with Crippen molar-refractivity contribution in [2.75, 3.05) is 5.43 Å². The number of benzene rings is 2. The molecule has 0 saturated carbocycles. The van der Waals surface area contributed by atoms with E-state index in [4.69, 9.17) is 34.8 Å². The number of hydrogen-bond acceptors (Lipinski definition) is 2. The van der Waals surface area contributed by atoms with Gasteiger partial charge in [0.15, 0.2) is 0 Å². The van der Waals surface area contributed by atoms with Gasteiger partial charge in [0, 0.05) is 5.02 Å². The van der Waals surface area contributed by atoms with E-state index >= 15 is 0 Å². The number of amides is 1. The number of anilines is 1. The van der Waals surface area contributed by atoms with Gasteiger partial charge < -0.3 is 0 Å². The Morgan fingerprint density at radius 3 is 2.05 bits per heavy atom. The molecule has 0 spiro atoms. The van der Waals surface area contributed by atoms with Gasteiger partial charge in [-0.15, -0.1) is 0 Å². The number of nitrogens with one attached hydrogen (secondary N) is 2. The third-order valence-electron chi connectivity index (χ3n) is 2.50. The lowest BCUT2D eigenvalue weighted by molar-refractivity contribution is 0.0954. The second-order valence-electron chi connectivity index (χ2n) is 3.92. The first-order valence-electron chi connectivity index (χ1n) is 5.55. The predicted octanol–water partition coefficient (Wildman–Crippen LogP) is 4.68. The Bertz CT molecular complexity index is 667. The maximum atomic E-state index is 13.4. The molecule has 1 amide bonds. The number of carbonyl (C=O) groups excluding carboxylic acids is 1. The van der Waals surface area contributed by atoms with Crippen LogP contribution in [0.2, 0.25) is 15.1 Å². The Morgan fingerprint density at radius 1 is 1.00 bits per heavy atom. The predicted molar refractivity (Wildman–Crippen MR) is 78.9 cm³/mol. The van der Waals surface area contributed by atoms with E-state index in [9.17, 15) is 13.6 Å². The first-order chi connectivity index (χ1) is 9.90. The zero-order valence-electron chi connectivity index (χ0n) is 10.2. The second kappa shape index (κ2) is 6.47. The minimum Gasteiger partial charge on any atom is -0.295 e. The average molecular weight is 352 g/mol. The van der Waals surface area contributed by atoms with Crippen molar-refractivity contribution < 1.29 is 13.6 Å². The van der Waals surface area contributed by atoms with Gasteiger partial charge in [-0.3, -0.25) is 15.6 Å². The van der Waals surface area contributed by atoms with Crippen molar-refractivity contribution in [1.82, 2.24) is 5.43 Å². The summed E-state index contributed by atoms with van der Waals surface area (Å²) in [7, 11) is 0. The maximum absolute atomic E-state index is 13.4. The third kappa shape index (κ3) is 3.56. The monoisotopic (exact) mass is 350 g/mol. The van der Waals surface area contributed by atoms with E-state index in [2.05, 4.69) is 10.9 Å². The Kier molecular flexibility index (Phi) is 4.88. The number of halogens is 5. The lowest BCUT2D eigenvalue weighted by Gasteiger charge is -2.12. The smallest absolute Gasteiger partial charge is 0.275 e. The first-order valence-corrected chi connectivity index (χ1v) is 6.68. The molecule has 2 N–H and O–H groups in total. The molecule has 0 radical (unpaired) electrons. The Labute approximate surface area is 133 Å². The van der Waals surface area contributed by atoms with E-state index in [0.717, 1.165) is 18.2 Å². The molecule has 8 heteroatoms. The molecule has 0 atom stereocenters. The van der Waals surface area contributed by atoms with Gasteiger partial charge in [-0.2, -0.15) is 0 Å². The Balaban J connectivity index is 2.19. The summed E-state index contributed by atoms with van der Waals surface area (Å²) in [6, 6.07) is 5.89. The maximum Gasteiger partial charge on any atom is 0.275 e. The second-order valence-corrected chi connectivity index (χ2v) is 5.17. The topological polar surface area (TPSA) is 41.1 Å². The SMILES string of the molecule is O=C(NNc1c(Cl)cc(Cl)cc1Cl)c1c(F)cccc1F. The van der Waals surface area contributed by atoms with Gasteiger partial charge in [0.1, 0.15) is 17.2 Å². The average Bonchev–Trinajstić information content (AvgIpc) is 2.37. The zero-order chi connectivity index (χ0) is 15.6. The molecule has 0 heterocycles. The van der Waals surface area contributed by atoms with E-state index in [1.165, 1.54) is 12.1 Å². The highest BCUT2D eigenvalue weighted by molar-refractivity contribution is 6.41. The minimum atomic E-state index is -1.01. The normalized spacial score (nSPS) is 10.3. The van der Waals surface area contributed by atoms with Crippen molar-refractivity contribution in [2.24, 2.45) is 0 Å². The molecule has 0 aliphatic rings. The molecule has 0 unspecified atom stereocenters. The molecule has 21 heavy (non-hydrogen) atoms. The molecule has 2 rings (SSSR count). The molecule has 3 nitrogen and oxygen atoms in total. The van der Waals surface area contributed by atoms with Gasteiger partial charge in [0.05, 0.1) is 15.7 Å². The van der Waals surface area contributed by atoms with E-state index in [-0.39, 0.29) is 15.7 Å². The van der Waals surface area contributed by atoms with Crippen molar-refractivity contribution in [2.45, 2.75) is 0 Å². The summed E-state index contributed by atoms with van der Waals surface area (Å²) in [5.74, 6) is -2.97. The van der Waals surface area contributed by atoms with Crippen LogP contribution in [0.5, 0.6) is 0 Å². The molecule has 0 saturated heterocycles. The summed E-state index contributed by atoms with van der Waals surface area (Å²) >= 11 is 17.5. The zero-order valence-corrected chi connectivity index (χ0v) is 12.5. The summed E-state index contributed by atoms with van der Waals surface area (Å²) in [6.07, 6.45) is 0. The fraction of sp³-hybridized carbons (Fsp3) is 0. The lowest BCUT2D eigenvalue weighted by Crippen LogP contribution is -2.31. The molecule has 2 aromatic carbocycles. The van der Waals surface area contributed by atoms with Crippen LogP contribution in [0.3, 0.4) is 0 Å². The molecule has 0 fully saturated rings. The van der Waals surface area contributed by atoms with Crippen LogP contribution in [0.1, 0.15) is 10.4 Å². The summed E-state index contributed by atoms with van der Waals surface area (Å²) in [6.45, 7) is 0. The van der Waals surface area contributed by atoms with Crippen molar-refractivity contribution in [3.05, 3.63) is 62.6 Å². The van der Waals surface area contributed by atoms with Crippen LogP contribution >= 0.6 is 34.8 Å². The highest BCUT2D eigenvalue weighted by Crippen LogP contribution is 2.33. The summed E-state index contributed by atoms with van der Waals surface area (Å²) in [4.78, 5) is 11.8. The quantitative estimate of drug-likeness (QED) is 0.788. The van der Waals surface area contributed by atoms with Gasteiger partial charge in [-0.1, -0.05) is 40.9 Å². The van der Waals surface area contributed by atoms with E-state index in [1.54, 1.807) is 0 Å². The van der Waals surface area contributed by atoms with Crippen molar-refractivity contribution in [1.29, 1.82) is 0 Å². The number of hydrogen-bond donors (Lipinski definition) is 2. The van der Waals surface area contributed by atoms with Crippen LogP contribution < -0.4 is 10.9 Å². The number of rotatable bonds is 3. The molecule has 2 aromatic rings. The van der Waals surface area contributed by atoms with Crippen LogP contribution in [0.4, 0.5) is 14.5 Å². The molecule has 0 bridgehead atoms. The van der Waals surface area contributed by atoms with Crippen LogP contribution in [-0.4, -0.2) is 5.91 Å². The van der Waals surface area contributed by atoms with Gasteiger partial charge in [0.25, 0.3) is 5.91 Å². The fourth-order valence-corrected chi connectivity index (χ4v) is 2.47. The van der Waals surface area contributed by atoms with Gasteiger partial charge in [-0.25, -0.2) is 8.78 Å². The molecule has 0 aromatic heterocycles. The number of hydrazine groups is 1. The highest BCUT2D eigenvalue weighted by atomic mass is 35.5. The third-order valence-corrected chi connectivity index (χ3v) is 3.31. The van der Waals surface area contributed by atoms with Crippen LogP contribution in [0.15, 0.2) is 30.3 Å². The molecule has 0 aliphatic heterocycles. The number of carbonyl (C=O) groups is 1. The van der Waals surface area contributed by atoms with Crippen molar-refractivity contribution in [3.63, 3.8) is 0 Å². The Morgan fingerprint density at radius 2 is 1.52 bits per heavy atom. The van der Waals surface area contributed by atoms with E-state index in [1.807, 2.05) is 0 Å². The summed E-state index contributed by atoms with van der Waals surface area (Å²) in [5.41, 5.74) is 3.97. The molecular formula is C13H7Cl3F2N2O. The standard InChI is InChI=1S/C13H7Cl3F2N2O/c14-6-4-7(15)12(8(16)5-6)19-20-13(21)11-9(17)2-1-3-10(11)18/h1-5,19H,(H,20,21). The van der Waals surface area contributed by atoms with Gasteiger partial charge in [0.2, 0.25) is 0 Å². The summed E-state index contributed by atoms with van der Waals surface area (Å²) in [5, 5.41) is 0.589.